The number of rotatable bonds is 2. The molecule has 18 heavy (non-hydrogen) atoms. The zero-order valence-electron chi connectivity index (χ0n) is 9.71. The van der Waals surface area contributed by atoms with E-state index < -0.39 is 0 Å². The summed E-state index contributed by atoms with van der Waals surface area (Å²) in [5.41, 5.74) is 3.61. The van der Waals surface area contributed by atoms with Crippen molar-refractivity contribution in [2.24, 2.45) is 0 Å². The maximum absolute atomic E-state index is 10.7. The molecule has 0 N–H and O–H groups in total. The fraction of sp³-hybridized carbons (Fsp3) is 0. The molecule has 3 aromatic rings. The third-order valence-corrected chi connectivity index (χ3v) is 2.96. The number of fused-ring (bicyclic) bond motifs is 1. The number of carbonyl (C=O) groups excluding carboxylic acids is 1. The van der Waals surface area contributed by atoms with Gasteiger partial charge in [0.15, 0.2) is 6.29 Å². The summed E-state index contributed by atoms with van der Waals surface area (Å²) < 4.78 is 0. The molecule has 0 unspecified atom stereocenters. The number of nitrogens with zero attached hydrogens (tertiary/aromatic N) is 1. The Labute approximate surface area is 105 Å². The highest BCUT2D eigenvalue weighted by Gasteiger charge is 2.04. The van der Waals surface area contributed by atoms with E-state index in [1.165, 1.54) is 0 Å². The second kappa shape index (κ2) is 4.41. The van der Waals surface area contributed by atoms with Crippen LogP contribution in [0.3, 0.4) is 0 Å². The molecule has 0 saturated heterocycles. The molecule has 0 bridgehead atoms. The van der Waals surface area contributed by atoms with Crippen LogP contribution in [0.25, 0.3) is 22.0 Å². The van der Waals surface area contributed by atoms with Crippen LogP contribution in [0.1, 0.15) is 10.5 Å². The summed E-state index contributed by atoms with van der Waals surface area (Å²) in [5.74, 6) is 0. The molecular weight excluding hydrogens is 222 g/mol. The van der Waals surface area contributed by atoms with E-state index in [9.17, 15) is 4.79 Å². The molecular formula is C16H11NO. The Morgan fingerprint density at radius 3 is 2.44 bits per heavy atom. The minimum Gasteiger partial charge on any atom is -0.296 e. The minimum absolute atomic E-state index is 0.465. The van der Waals surface area contributed by atoms with Gasteiger partial charge in [0.1, 0.15) is 5.69 Å². The average Bonchev–Trinajstić information content (AvgIpc) is 2.47. The molecule has 1 heterocycles. The van der Waals surface area contributed by atoms with Crippen LogP contribution in [0.5, 0.6) is 0 Å². The van der Waals surface area contributed by atoms with Crippen molar-refractivity contribution in [3.8, 4) is 11.1 Å². The molecule has 0 saturated carbocycles. The number of hydrogen-bond acceptors (Lipinski definition) is 2. The molecule has 2 aromatic carbocycles. The van der Waals surface area contributed by atoms with Crippen LogP contribution in [-0.2, 0) is 0 Å². The summed E-state index contributed by atoms with van der Waals surface area (Å²) in [5, 5.41) is 1.06. The highest BCUT2D eigenvalue weighted by Crippen LogP contribution is 2.27. The Balaban J connectivity index is 2.28. The molecule has 0 atom stereocenters. The van der Waals surface area contributed by atoms with Gasteiger partial charge in [-0.1, -0.05) is 42.5 Å². The molecule has 2 nitrogen and oxygen atoms in total. The van der Waals surface area contributed by atoms with Crippen LogP contribution in [-0.4, -0.2) is 11.3 Å². The Morgan fingerprint density at radius 1 is 0.833 bits per heavy atom. The summed E-state index contributed by atoms with van der Waals surface area (Å²) in [6.07, 6.45) is 0.772. The second-order valence-corrected chi connectivity index (χ2v) is 4.09. The van der Waals surface area contributed by atoms with Crippen molar-refractivity contribution in [3.05, 3.63) is 66.4 Å². The van der Waals surface area contributed by atoms with Gasteiger partial charge in [-0.05, 0) is 29.3 Å². The monoisotopic (exact) mass is 233 g/mol. The van der Waals surface area contributed by atoms with E-state index in [1.54, 1.807) is 6.07 Å². The van der Waals surface area contributed by atoms with E-state index in [-0.39, 0.29) is 0 Å². The first-order valence-electron chi connectivity index (χ1n) is 5.79. The molecule has 0 aliphatic rings. The summed E-state index contributed by atoms with van der Waals surface area (Å²) in [6.45, 7) is 0. The first-order chi connectivity index (χ1) is 8.88. The highest BCUT2D eigenvalue weighted by molar-refractivity contribution is 5.95. The first-order valence-corrected chi connectivity index (χ1v) is 5.79. The molecule has 0 fully saturated rings. The standard InChI is InChI=1S/C16H11NO/c18-11-13-9-10-15-14(7-4-8-16(15)17-13)12-5-2-1-3-6-12/h1-11H. The quantitative estimate of drug-likeness (QED) is 0.631. The fourth-order valence-electron chi connectivity index (χ4n) is 2.11. The van der Waals surface area contributed by atoms with Crippen molar-refractivity contribution in [3.63, 3.8) is 0 Å². The third kappa shape index (κ3) is 1.78. The van der Waals surface area contributed by atoms with Crippen LogP contribution in [0.15, 0.2) is 60.7 Å². The van der Waals surface area contributed by atoms with Gasteiger partial charge in [0.05, 0.1) is 5.52 Å². The van der Waals surface area contributed by atoms with Crippen molar-refractivity contribution in [1.82, 2.24) is 4.98 Å². The predicted molar refractivity (Wildman–Crippen MR) is 72.6 cm³/mol. The number of aromatic nitrogens is 1. The molecule has 0 radical (unpaired) electrons. The van der Waals surface area contributed by atoms with E-state index >= 15 is 0 Å². The smallest absolute Gasteiger partial charge is 0.168 e. The van der Waals surface area contributed by atoms with Crippen molar-refractivity contribution in [2.75, 3.05) is 0 Å². The summed E-state index contributed by atoms with van der Waals surface area (Å²) in [7, 11) is 0. The van der Waals surface area contributed by atoms with Crippen LogP contribution < -0.4 is 0 Å². The molecule has 86 valence electrons. The van der Waals surface area contributed by atoms with Gasteiger partial charge >= 0.3 is 0 Å². The lowest BCUT2D eigenvalue weighted by molar-refractivity contribution is 0.111. The molecule has 0 aliphatic heterocycles. The minimum atomic E-state index is 0.465. The van der Waals surface area contributed by atoms with Crippen molar-refractivity contribution >= 4 is 17.2 Å². The Bertz CT molecular complexity index is 705. The predicted octanol–water partition coefficient (Wildman–Crippen LogP) is 3.71. The van der Waals surface area contributed by atoms with Gasteiger partial charge < -0.3 is 0 Å². The molecule has 3 rings (SSSR count). The van der Waals surface area contributed by atoms with Crippen molar-refractivity contribution < 1.29 is 4.79 Å². The third-order valence-electron chi connectivity index (χ3n) is 2.96. The molecule has 1 aromatic heterocycles. The zero-order chi connectivity index (χ0) is 12.4. The van der Waals surface area contributed by atoms with E-state index in [0.29, 0.717) is 5.69 Å². The number of benzene rings is 2. The topological polar surface area (TPSA) is 30.0 Å². The van der Waals surface area contributed by atoms with Gasteiger partial charge in [0.25, 0.3) is 0 Å². The maximum Gasteiger partial charge on any atom is 0.168 e. The molecule has 2 heteroatoms. The van der Waals surface area contributed by atoms with Crippen LogP contribution >= 0.6 is 0 Å². The Hall–Kier alpha value is -2.48. The highest BCUT2D eigenvalue weighted by atomic mass is 16.1. The maximum atomic E-state index is 10.7. The summed E-state index contributed by atoms with van der Waals surface area (Å²) in [4.78, 5) is 15.1. The van der Waals surface area contributed by atoms with Gasteiger partial charge in [-0.25, -0.2) is 4.98 Å². The SMILES string of the molecule is O=Cc1ccc2c(-c3ccccc3)cccc2n1. The van der Waals surface area contributed by atoms with Gasteiger partial charge in [-0.2, -0.15) is 0 Å². The number of aldehydes is 1. The number of pyridine rings is 1. The summed E-state index contributed by atoms with van der Waals surface area (Å²) >= 11 is 0. The molecule has 0 amide bonds. The van der Waals surface area contributed by atoms with Crippen molar-refractivity contribution in [2.45, 2.75) is 0 Å². The number of carbonyl (C=O) groups is 1. The first kappa shape index (κ1) is 10.7. The Kier molecular flexibility index (Phi) is 2.61. The fourth-order valence-corrected chi connectivity index (χ4v) is 2.11. The van der Waals surface area contributed by atoms with Gasteiger partial charge in [0, 0.05) is 5.39 Å². The largest absolute Gasteiger partial charge is 0.296 e. The van der Waals surface area contributed by atoms with E-state index in [1.807, 2.05) is 36.4 Å². The molecule has 0 spiro atoms. The van der Waals surface area contributed by atoms with Gasteiger partial charge in [-0.15, -0.1) is 0 Å². The van der Waals surface area contributed by atoms with Crippen LogP contribution in [0.4, 0.5) is 0 Å². The lowest BCUT2D eigenvalue weighted by atomic mass is 10.0. The van der Waals surface area contributed by atoms with E-state index in [4.69, 9.17) is 0 Å². The Morgan fingerprint density at radius 2 is 1.67 bits per heavy atom. The molecule has 0 aliphatic carbocycles. The van der Waals surface area contributed by atoms with E-state index in [0.717, 1.165) is 28.3 Å². The normalized spacial score (nSPS) is 10.4. The zero-order valence-corrected chi connectivity index (χ0v) is 9.71. The second-order valence-electron chi connectivity index (χ2n) is 4.09. The van der Waals surface area contributed by atoms with Gasteiger partial charge in [-0.3, -0.25) is 4.79 Å². The van der Waals surface area contributed by atoms with Crippen LogP contribution in [0, 0.1) is 0 Å². The van der Waals surface area contributed by atoms with Crippen LogP contribution in [0.2, 0.25) is 0 Å². The van der Waals surface area contributed by atoms with Crippen molar-refractivity contribution in [1.29, 1.82) is 0 Å². The average molecular weight is 233 g/mol. The summed E-state index contributed by atoms with van der Waals surface area (Å²) in [6, 6.07) is 19.8. The lowest BCUT2D eigenvalue weighted by Gasteiger charge is -2.06. The van der Waals surface area contributed by atoms with E-state index in [2.05, 4.69) is 23.2 Å². The number of hydrogen-bond donors (Lipinski definition) is 0. The van der Waals surface area contributed by atoms with Gasteiger partial charge in [0.2, 0.25) is 0 Å². The lowest BCUT2D eigenvalue weighted by Crippen LogP contribution is -1.89.